The number of nitrogens with zero attached hydrogens (tertiary/aromatic N) is 1. The van der Waals surface area contributed by atoms with Crippen molar-refractivity contribution in [3.8, 4) is 0 Å². The van der Waals surface area contributed by atoms with E-state index in [1.54, 1.807) is 0 Å². The molecule has 0 aromatic heterocycles. The van der Waals surface area contributed by atoms with Crippen LogP contribution in [-0.2, 0) is 4.79 Å². The lowest BCUT2D eigenvalue weighted by Gasteiger charge is -2.39. The highest BCUT2D eigenvalue weighted by atomic mass is 16.2. The Labute approximate surface area is 123 Å². The summed E-state index contributed by atoms with van der Waals surface area (Å²) in [6.07, 6.45) is 9.94. The van der Waals surface area contributed by atoms with Crippen LogP contribution in [-0.4, -0.2) is 49.1 Å². The van der Waals surface area contributed by atoms with Gasteiger partial charge in [0.15, 0.2) is 0 Å². The average molecular weight is 281 g/mol. The smallest absolute Gasteiger partial charge is 0.234 e. The molecule has 0 spiro atoms. The monoisotopic (exact) mass is 281 g/mol. The second-order valence-electron chi connectivity index (χ2n) is 6.51. The first-order chi connectivity index (χ1) is 9.70. The quantitative estimate of drug-likeness (QED) is 0.809. The Morgan fingerprint density at radius 3 is 2.55 bits per heavy atom. The van der Waals surface area contributed by atoms with E-state index >= 15 is 0 Å². The van der Waals surface area contributed by atoms with Gasteiger partial charge in [-0.2, -0.15) is 0 Å². The van der Waals surface area contributed by atoms with E-state index in [-0.39, 0.29) is 5.91 Å². The van der Waals surface area contributed by atoms with E-state index in [4.69, 9.17) is 0 Å². The standard InChI is InChI=1S/C16H31N3O/c1-13(17-2)15-10-6-7-11-19(15)12-16(20)18-14-8-4-3-5-9-14/h13-15,17H,3-12H2,1-2H3,(H,18,20). The highest BCUT2D eigenvalue weighted by Gasteiger charge is 2.28. The van der Waals surface area contributed by atoms with Gasteiger partial charge >= 0.3 is 0 Å². The summed E-state index contributed by atoms with van der Waals surface area (Å²) in [6.45, 7) is 3.87. The molecule has 2 unspecified atom stereocenters. The van der Waals surface area contributed by atoms with Crippen molar-refractivity contribution in [1.82, 2.24) is 15.5 Å². The van der Waals surface area contributed by atoms with Crippen molar-refractivity contribution in [2.45, 2.75) is 76.4 Å². The number of hydrogen-bond donors (Lipinski definition) is 2. The van der Waals surface area contributed by atoms with Crippen LogP contribution in [0.25, 0.3) is 0 Å². The maximum Gasteiger partial charge on any atom is 0.234 e. The summed E-state index contributed by atoms with van der Waals surface area (Å²) < 4.78 is 0. The normalized spacial score (nSPS) is 27.2. The van der Waals surface area contributed by atoms with Crippen LogP contribution >= 0.6 is 0 Å². The molecule has 0 aromatic rings. The van der Waals surface area contributed by atoms with Crippen LogP contribution in [0.15, 0.2) is 0 Å². The van der Waals surface area contributed by atoms with E-state index in [0.29, 0.717) is 24.7 Å². The summed E-state index contributed by atoms with van der Waals surface area (Å²) in [6, 6.07) is 1.39. The van der Waals surface area contributed by atoms with Crippen molar-refractivity contribution >= 4 is 5.91 Å². The van der Waals surface area contributed by atoms with E-state index < -0.39 is 0 Å². The minimum atomic E-state index is 0.229. The minimum Gasteiger partial charge on any atom is -0.352 e. The summed E-state index contributed by atoms with van der Waals surface area (Å²) in [5, 5.41) is 6.59. The lowest BCUT2D eigenvalue weighted by Crippen LogP contribution is -2.53. The first-order valence-corrected chi connectivity index (χ1v) is 8.41. The van der Waals surface area contributed by atoms with Gasteiger partial charge in [-0.1, -0.05) is 25.7 Å². The van der Waals surface area contributed by atoms with Crippen molar-refractivity contribution < 1.29 is 4.79 Å². The Balaban J connectivity index is 1.81. The molecule has 2 rings (SSSR count). The predicted molar refractivity (Wildman–Crippen MR) is 82.7 cm³/mol. The number of carbonyl (C=O) groups is 1. The van der Waals surface area contributed by atoms with Crippen LogP contribution < -0.4 is 10.6 Å². The molecule has 4 nitrogen and oxygen atoms in total. The lowest BCUT2D eigenvalue weighted by molar-refractivity contribution is -0.124. The number of amides is 1. The first kappa shape index (κ1) is 15.8. The zero-order chi connectivity index (χ0) is 14.4. The van der Waals surface area contributed by atoms with Gasteiger partial charge in [0.2, 0.25) is 5.91 Å². The lowest BCUT2D eigenvalue weighted by atomic mass is 9.95. The van der Waals surface area contributed by atoms with E-state index in [1.165, 1.54) is 51.4 Å². The molecule has 0 aromatic carbocycles. The second-order valence-corrected chi connectivity index (χ2v) is 6.51. The van der Waals surface area contributed by atoms with Gasteiger partial charge < -0.3 is 10.6 Å². The predicted octanol–water partition coefficient (Wildman–Crippen LogP) is 1.90. The summed E-state index contributed by atoms with van der Waals surface area (Å²) in [7, 11) is 2.01. The number of rotatable bonds is 5. The van der Waals surface area contributed by atoms with Crippen LogP contribution in [0.1, 0.15) is 58.3 Å². The van der Waals surface area contributed by atoms with Gasteiger partial charge in [0.05, 0.1) is 6.54 Å². The van der Waals surface area contributed by atoms with Crippen molar-refractivity contribution in [2.75, 3.05) is 20.1 Å². The van der Waals surface area contributed by atoms with Crippen molar-refractivity contribution in [2.24, 2.45) is 0 Å². The number of carbonyl (C=O) groups excluding carboxylic acids is 1. The molecule has 1 aliphatic carbocycles. The molecule has 0 bridgehead atoms. The Morgan fingerprint density at radius 1 is 1.15 bits per heavy atom. The summed E-state index contributed by atoms with van der Waals surface area (Å²) >= 11 is 0. The molecule has 20 heavy (non-hydrogen) atoms. The first-order valence-electron chi connectivity index (χ1n) is 8.41. The molecule has 1 aliphatic heterocycles. The van der Waals surface area contributed by atoms with Gasteiger partial charge in [0.1, 0.15) is 0 Å². The van der Waals surface area contributed by atoms with E-state index in [9.17, 15) is 4.79 Å². The van der Waals surface area contributed by atoms with Gasteiger partial charge in [-0.05, 0) is 46.2 Å². The van der Waals surface area contributed by atoms with Crippen molar-refractivity contribution in [3.63, 3.8) is 0 Å². The number of likely N-dealkylation sites (N-methyl/N-ethyl adjacent to an activating group) is 1. The molecule has 1 heterocycles. The van der Waals surface area contributed by atoms with Crippen LogP contribution in [0.2, 0.25) is 0 Å². The van der Waals surface area contributed by atoms with Gasteiger partial charge in [-0.3, -0.25) is 9.69 Å². The largest absolute Gasteiger partial charge is 0.352 e. The van der Waals surface area contributed by atoms with Gasteiger partial charge in [0, 0.05) is 18.1 Å². The maximum atomic E-state index is 12.3. The number of likely N-dealkylation sites (tertiary alicyclic amines) is 1. The summed E-state index contributed by atoms with van der Waals surface area (Å²) in [5.41, 5.74) is 0. The van der Waals surface area contributed by atoms with E-state index in [2.05, 4.69) is 22.5 Å². The molecule has 1 amide bonds. The van der Waals surface area contributed by atoms with Crippen LogP contribution in [0.5, 0.6) is 0 Å². The highest BCUT2D eigenvalue weighted by Crippen LogP contribution is 2.20. The molecule has 1 saturated heterocycles. The third-order valence-electron chi connectivity index (χ3n) is 5.01. The highest BCUT2D eigenvalue weighted by molar-refractivity contribution is 5.78. The van der Waals surface area contributed by atoms with Crippen LogP contribution in [0, 0.1) is 0 Å². The fraction of sp³-hybridized carbons (Fsp3) is 0.938. The topological polar surface area (TPSA) is 44.4 Å². The van der Waals surface area contributed by atoms with Gasteiger partial charge in [0.25, 0.3) is 0 Å². The van der Waals surface area contributed by atoms with Gasteiger partial charge in [-0.15, -0.1) is 0 Å². The zero-order valence-electron chi connectivity index (χ0n) is 13.2. The van der Waals surface area contributed by atoms with E-state index in [0.717, 1.165) is 6.54 Å². The fourth-order valence-electron chi connectivity index (χ4n) is 3.68. The fourth-order valence-corrected chi connectivity index (χ4v) is 3.68. The van der Waals surface area contributed by atoms with E-state index in [1.807, 2.05) is 7.05 Å². The van der Waals surface area contributed by atoms with Gasteiger partial charge in [-0.25, -0.2) is 0 Å². The Bertz CT molecular complexity index is 302. The molecule has 116 valence electrons. The second kappa shape index (κ2) is 7.99. The molecule has 2 N–H and O–H groups in total. The molecular weight excluding hydrogens is 250 g/mol. The third kappa shape index (κ3) is 4.45. The molecule has 2 aliphatic rings. The minimum absolute atomic E-state index is 0.229. The van der Waals surface area contributed by atoms with Crippen molar-refractivity contribution in [1.29, 1.82) is 0 Å². The Kier molecular flexibility index (Phi) is 6.30. The molecule has 2 atom stereocenters. The molecular formula is C16H31N3O. The summed E-state index contributed by atoms with van der Waals surface area (Å²) in [5.74, 6) is 0.229. The molecule has 4 heteroatoms. The van der Waals surface area contributed by atoms with Crippen molar-refractivity contribution in [3.05, 3.63) is 0 Å². The Morgan fingerprint density at radius 2 is 1.85 bits per heavy atom. The average Bonchev–Trinajstić information content (AvgIpc) is 2.48. The molecule has 1 saturated carbocycles. The third-order valence-corrected chi connectivity index (χ3v) is 5.01. The zero-order valence-corrected chi connectivity index (χ0v) is 13.2. The number of piperidine rings is 1. The number of hydrogen-bond acceptors (Lipinski definition) is 3. The maximum absolute atomic E-state index is 12.3. The summed E-state index contributed by atoms with van der Waals surface area (Å²) in [4.78, 5) is 14.6. The Hall–Kier alpha value is -0.610. The molecule has 2 fully saturated rings. The van der Waals surface area contributed by atoms with Crippen LogP contribution in [0.4, 0.5) is 0 Å². The molecule has 0 radical (unpaired) electrons. The SMILES string of the molecule is CNC(C)C1CCCCN1CC(=O)NC1CCCCC1. The number of nitrogens with one attached hydrogen (secondary N) is 2. The van der Waals surface area contributed by atoms with Crippen LogP contribution in [0.3, 0.4) is 0 Å².